The predicted octanol–water partition coefficient (Wildman–Crippen LogP) is 2.03. The Hall–Kier alpha value is -0.0400. The Balaban J connectivity index is 1.98. The molecule has 0 aromatic rings. The minimum atomic E-state index is 0.862. The lowest BCUT2D eigenvalue weighted by atomic mass is 10.0. The van der Waals surface area contributed by atoms with Gasteiger partial charge in [0.25, 0.3) is 0 Å². The molecule has 1 aliphatic rings. The van der Waals surface area contributed by atoms with Gasteiger partial charge >= 0.3 is 0 Å². The van der Waals surface area contributed by atoms with Crippen LogP contribution in [0, 0.1) is 12.3 Å². The summed E-state index contributed by atoms with van der Waals surface area (Å²) in [5.41, 5.74) is 0. The van der Waals surface area contributed by atoms with Gasteiger partial charge in [-0.25, -0.2) is 0 Å². The fourth-order valence-electron chi connectivity index (χ4n) is 1.21. The molecule has 1 nitrogen and oxygen atoms in total. The Bertz CT molecular complexity index is 65.0. The van der Waals surface area contributed by atoms with E-state index in [1.807, 2.05) is 0 Å². The molecule has 0 aromatic carbocycles. The molecule has 1 fully saturated rings. The average molecular weight is 127 g/mol. The van der Waals surface area contributed by atoms with Crippen molar-refractivity contribution in [2.75, 3.05) is 13.2 Å². The first-order valence-electron chi connectivity index (χ1n) is 3.79. The van der Waals surface area contributed by atoms with Crippen molar-refractivity contribution in [1.82, 2.24) is 0 Å². The average Bonchev–Trinajstić information content (AvgIpc) is 2.34. The minimum absolute atomic E-state index is 0.862. The van der Waals surface area contributed by atoms with Gasteiger partial charge in [-0.2, -0.15) is 0 Å². The van der Waals surface area contributed by atoms with E-state index in [0.29, 0.717) is 0 Å². The van der Waals surface area contributed by atoms with E-state index < -0.39 is 0 Å². The van der Waals surface area contributed by atoms with Gasteiger partial charge in [0.1, 0.15) is 0 Å². The van der Waals surface area contributed by atoms with Crippen molar-refractivity contribution in [2.45, 2.75) is 26.2 Å². The minimum Gasteiger partial charge on any atom is -0.381 e. The van der Waals surface area contributed by atoms with Gasteiger partial charge in [-0.3, -0.25) is 0 Å². The standard InChI is InChI=1S/C8H15O/c1-2-3-4-8-5-6-9-7-8/h2,8H,3-7H2,1H3. The highest BCUT2D eigenvalue weighted by Crippen LogP contribution is 2.17. The van der Waals surface area contributed by atoms with Crippen LogP contribution in [0.4, 0.5) is 0 Å². The Morgan fingerprint density at radius 1 is 1.67 bits per heavy atom. The second kappa shape index (κ2) is 3.89. The molecule has 53 valence electrons. The van der Waals surface area contributed by atoms with Crippen molar-refractivity contribution in [2.24, 2.45) is 5.92 Å². The van der Waals surface area contributed by atoms with Crippen molar-refractivity contribution < 1.29 is 4.74 Å². The zero-order chi connectivity index (χ0) is 6.53. The van der Waals surface area contributed by atoms with E-state index in [1.54, 1.807) is 0 Å². The molecule has 1 heterocycles. The summed E-state index contributed by atoms with van der Waals surface area (Å²) < 4.78 is 5.24. The van der Waals surface area contributed by atoms with Crippen LogP contribution in [0.5, 0.6) is 0 Å². The lowest BCUT2D eigenvalue weighted by Gasteiger charge is -2.03. The molecule has 1 heteroatoms. The third-order valence-corrected chi connectivity index (χ3v) is 1.89. The zero-order valence-corrected chi connectivity index (χ0v) is 6.10. The van der Waals surface area contributed by atoms with Gasteiger partial charge in [0.2, 0.25) is 0 Å². The maximum absolute atomic E-state index is 5.24. The Labute approximate surface area is 57.4 Å². The lowest BCUT2D eigenvalue weighted by Crippen LogP contribution is -1.97. The maximum Gasteiger partial charge on any atom is 0.0495 e. The van der Waals surface area contributed by atoms with Crippen LogP contribution < -0.4 is 0 Å². The van der Waals surface area contributed by atoms with E-state index in [-0.39, 0.29) is 0 Å². The zero-order valence-electron chi connectivity index (χ0n) is 6.10. The molecule has 0 amide bonds. The third-order valence-electron chi connectivity index (χ3n) is 1.89. The van der Waals surface area contributed by atoms with Crippen LogP contribution in [-0.4, -0.2) is 13.2 Å². The van der Waals surface area contributed by atoms with E-state index >= 15 is 0 Å². The van der Waals surface area contributed by atoms with Crippen molar-refractivity contribution in [3.8, 4) is 0 Å². The SMILES string of the molecule is C[CH]CCC1CCOC1. The molecule has 1 saturated heterocycles. The van der Waals surface area contributed by atoms with Gasteiger partial charge in [-0.05, 0) is 25.2 Å². The van der Waals surface area contributed by atoms with Crippen LogP contribution in [0.2, 0.25) is 0 Å². The molecule has 1 aliphatic heterocycles. The molecular formula is C8H15O. The van der Waals surface area contributed by atoms with E-state index in [0.717, 1.165) is 19.1 Å². The van der Waals surface area contributed by atoms with E-state index in [9.17, 15) is 0 Å². The molecule has 0 spiro atoms. The largest absolute Gasteiger partial charge is 0.381 e. The summed E-state index contributed by atoms with van der Waals surface area (Å²) >= 11 is 0. The topological polar surface area (TPSA) is 9.23 Å². The second-order valence-electron chi connectivity index (χ2n) is 2.72. The van der Waals surface area contributed by atoms with Crippen molar-refractivity contribution in [1.29, 1.82) is 0 Å². The molecule has 0 saturated carbocycles. The van der Waals surface area contributed by atoms with E-state index in [1.165, 1.54) is 19.3 Å². The predicted molar refractivity (Wildman–Crippen MR) is 38.1 cm³/mol. The van der Waals surface area contributed by atoms with Gasteiger partial charge in [0.05, 0.1) is 0 Å². The van der Waals surface area contributed by atoms with Gasteiger partial charge in [0, 0.05) is 13.2 Å². The van der Waals surface area contributed by atoms with Crippen molar-refractivity contribution in [3.63, 3.8) is 0 Å². The molecule has 0 aliphatic carbocycles. The third kappa shape index (κ3) is 2.35. The highest BCUT2D eigenvalue weighted by atomic mass is 16.5. The molecule has 1 atom stereocenters. The van der Waals surface area contributed by atoms with Crippen LogP contribution in [0.25, 0.3) is 0 Å². The van der Waals surface area contributed by atoms with Crippen LogP contribution in [0.1, 0.15) is 26.2 Å². The highest BCUT2D eigenvalue weighted by molar-refractivity contribution is 4.67. The highest BCUT2D eigenvalue weighted by Gasteiger charge is 2.13. The Morgan fingerprint density at radius 2 is 2.56 bits per heavy atom. The molecule has 0 aromatic heterocycles. The van der Waals surface area contributed by atoms with Crippen LogP contribution in [-0.2, 0) is 4.74 Å². The molecule has 1 unspecified atom stereocenters. The molecule has 0 bridgehead atoms. The summed E-state index contributed by atoms with van der Waals surface area (Å²) in [6.45, 7) is 4.12. The number of hydrogen-bond donors (Lipinski definition) is 0. The van der Waals surface area contributed by atoms with Crippen molar-refractivity contribution in [3.05, 3.63) is 6.42 Å². The first-order valence-corrected chi connectivity index (χ1v) is 3.79. The number of ether oxygens (including phenoxy) is 1. The smallest absolute Gasteiger partial charge is 0.0495 e. The van der Waals surface area contributed by atoms with Gasteiger partial charge in [0.15, 0.2) is 0 Å². The summed E-state index contributed by atoms with van der Waals surface area (Å²) in [5.74, 6) is 0.862. The first kappa shape index (κ1) is 7.07. The fourth-order valence-corrected chi connectivity index (χ4v) is 1.21. The van der Waals surface area contributed by atoms with Gasteiger partial charge < -0.3 is 4.74 Å². The first-order chi connectivity index (χ1) is 4.43. The van der Waals surface area contributed by atoms with Crippen LogP contribution in [0.15, 0.2) is 0 Å². The molecule has 9 heavy (non-hydrogen) atoms. The normalized spacial score (nSPS) is 27.0. The summed E-state index contributed by atoms with van der Waals surface area (Å²) in [6, 6.07) is 0. The van der Waals surface area contributed by atoms with Gasteiger partial charge in [-0.15, -0.1) is 0 Å². The quantitative estimate of drug-likeness (QED) is 0.563. The summed E-state index contributed by atoms with van der Waals surface area (Å²) in [7, 11) is 0. The Kier molecular flexibility index (Phi) is 3.05. The van der Waals surface area contributed by atoms with Crippen LogP contribution in [0.3, 0.4) is 0 Å². The summed E-state index contributed by atoms with van der Waals surface area (Å²) in [4.78, 5) is 0. The maximum atomic E-state index is 5.24. The van der Waals surface area contributed by atoms with Gasteiger partial charge in [-0.1, -0.05) is 13.3 Å². The second-order valence-corrected chi connectivity index (χ2v) is 2.72. The number of rotatable bonds is 3. The summed E-state index contributed by atoms with van der Waals surface area (Å²) in [6.07, 6.45) is 6.11. The fraction of sp³-hybridized carbons (Fsp3) is 0.875. The van der Waals surface area contributed by atoms with E-state index in [4.69, 9.17) is 4.74 Å². The Morgan fingerprint density at radius 3 is 3.11 bits per heavy atom. The number of unbranched alkanes of at least 4 members (excludes halogenated alkanes) is 1. The van der Waals surface area contributed by atoms with E-state index in [2.05, 4.69) is 13.3 Å². The van der Waals surface area contributed by atoms with Crippen LogP contribution >= 0.6 is 0 Å². The summed E-state index contributed by atoms with van der Waals surface area (Å²) in [5, 5.41) is 0. The molecule has 1 radical (unpaired) electrons. The molecule has 0 N–H and O–H groups in total. The molecule has 1 rings (SSSR count). The number of hydrogen-bond acceptors (Lipinski definition) is 1. The monoisotopic (exact) mass is 127 g/mol. The lowest BCUT2D eigenvalue weighted by molar-refractivity contribution is 0.184. The van der Waals surface area contributed by atoms with Crippen molar-refractivity contribution >= 4 is 0 Å². The molecular weight excluding hydrogens is 112 g/mol.